The lowest BCUT2D eigenvalue weighted by molar-refractivity contribution is -0.291. The Balaban J connectivity index is 1.55. The zero-order chi connectivity index (χ0) is 18.6. The van der Waals surface area contributed by atoms with Gasteiger partial charge in [0.15, 0.2) is 0 Å². The predicted octanol–water partition coefficient (Wildman–Crippen LogP) is 2.06. The first-order chi connectivity index (χ1) is 13.6. The van der Waals surface area contributed by atoms with Crippen molar-refractivity contribution in [3.8, 4) is 0 Å². The Morgan fingerprint density at radius 2 is 2.07 bits per heavy atom. The van der Waals surface area contributed by atoms with Crippen LogP contribution in [0.4, 0.5) is 10.5 Å². The summed E-state index contributed by atoms with van der Waals surface area (Å²) in [6.45, 7) is 0.996. The molecule has 5 aliphatic heterocycles. The second-order valence-corrected chi connectivity index (χ2v) is 9.90. The van der Waals surface area contributed by atoms with Gasteiger partial charge in [-0.05, 0) is 37.3 Å². The average Bonchev–Trinajstić information content (AvgIpc) is 3.17. The Morgan fingerprint density at radius 1 is 1.21 bits per heavy atom. The normalized spacial score (nSPS) is 55.0. The van der Waals surface area contributed by atoms with Gasteiger partial charge in [-0.3, -0.25) is 14.6 Å². The van der Waals surface area contributed by atoms with Gasteiger partial charge in [0.25, 0.3) is 0 Å². The number of fused-ring (bicyclic) bond motifs is 2. The number of benzene rings is 1. The Morgan fingerprint density at radius 3 is 2.93 bits per heavy atom. The molecule has 8 fully saturated rings. The fourth-order valence-corrected chi connectivity index (χ4v) is 9.63. The van der Waals surface area contributed by atoms with Crippen LogP contribution in [0.25, 0.3) is 0 Å². The third-order valence-corrected chi connectivity index (χ3v) is 9.79. The minimum absolute atomic E-state index is 0.0476. The standard InChI is InChI=1S/C22H22N2O4/c1-27-19(26)24-12-6-3-2-5-11(12)22-14-15(25)13-16-20(8-9-21(13,22)24)7-4-10-23(18(20)22)17(14)28-16/h2-3,5-6,13-14,16-18H,4,7-10H2,1H3/t13-,14+,16+,17-,18+,20-,21-,22+/m1/s1. The van der Waals surface area contributed by atoms with Crippen LogP contribution < -0.4 is 4.90 Å². The summed E-state index contributed by atoms with van der Waals surface area (Å²) in [6, 6.07) is 8.59. The van der Waals surface area contributed by atoms with E-state index in [9.17, 15) is 9.59 Å². The van der Waals surface area contributed by atoms with Gasteiger partial charge in [0.2, 0.25) is 0 Å². The van der Waals surface area contributed by atoms with Gasteiger partial charge in [0, 0.05) is 18.0 Å². The maximum atomic E-state index is 13.9. The van der Waals surface area contributed by atoms with E-state index in [2.05, 4.69) is 23.1 Å². The number of para-hydroxylation sites is 1. The van der Waals surface area contributed by atoms with Crippen molar-refractivity contribution in [3.63, 3.8) is 0 Å². The number of ketones is 1. The van der Waals surface area contributed by atoms with Crippen LogP contribution in [0.2, 0.25) is 0 Å². The third kappa shape index (κ3) is 1.02. The molecule has 1 amide bonds. The van der Waals surface area contributed by atoms with Gasteiger partial charge in [-0.1, -0.05) is 18.2 Å². The first kappa shape index (κ1) is 15.0. The first-order valence-corrected chi connectivity index (χ1v) is 10.6. The molecule has 0 radical (unpaired) electrons. The second kappa shape index (κ2) is 4.03. The van der Waals surface area contributed by atoms with Crippen LogP contribution in [0.5, 0.6) is 0 Å². The van der Waals surface area contributed by atoms with Crippen LogP contribution >= 0.6 is 0 Å². The molecule has 3 spiro atoms. The topological polar surface area (TPSA) is 59.1 Å². The summed E-state index contributed by atoms with van der Waals surface area (Å²) in [5.41, 5.74) is 1.34. The summed E-state index contributed by atoms with van der Waals surface area (Å²) in [7, 11) is 1.45. The smallest absolute Gasteiger partial charge is 0.414 e. The van der Waals surface area contributed by atoms with Crippen LogP contribution in [0.1, 0.15) is 31.2 Å². The molecule has 9 aliphatic rings. The highest BCUT2D eigenvalue weighted by atomic mass is 16.5. The number of ether oxygens (including phenoxy) is 2. The van der Waals surface area contributed by atoms with E-state index in [-0.39, 0.29) is 41.1 Å². The van der Waals surface area contributed by atoms with Crippen molar-refractivity contribution in [1.29, 1.82) is 0 Å². The van der Waals surface area contributed by atoms with Crippen LogP contribution in [-0.2, 0) is 19.7 Å². The summed E-state index contributed by atoms with van der Waals surface area (Å²) >= 11 is 0. The molecular weight excluding hydrogens is 356 g/mol. The summed E-state index contributed by atoms with van der Waals surface area (Å²) in [4.78, 5) is 31.5. The summed E-state index contributed by atoms with van der Waals surface area (Å²) in [6.07, 6.45) is 3.74. The maximum Gasteiger partial charge on any atom is 0.414 e. The molecule has 1 aromatic carbocycles. The van der Waals surface area contributed by atoms with E-state index >= 15 is 0 Å². The number of hydrogen-bond donors (Lipinski definition) is 0. The third-order valence-electron chi connectivity index (χ3n) is 9.79. The van der Waals surface area contributed by atoms with Crippen molar-refractivity contribution < 1.29 is 19.1 Å². The lowest BCUT2D eigenvalue weighted by Crippen LogP contribution is -2.83. The van der Waals surface area contributed by atoms with E-state index in [1.807, 2.05) is 11.0 Å². The van der Waals surface area contributed by atoms with Crippen LogP contribution in [0, 0.1) is 17.3 Å². The SMILES string of the molecule is COC(=O)N1c2ccccc2[C@@]23[C@H]4C(=O)[C@@H]5[C@@H]6O[C@H]4N4CCC[C@]6(CC[C@]512)[C@H]43. The monoisotopic (exact) mass is 378 g/mol. The van der Waals surface area contributed by atoms with E-state index in [4.69, 9.17) is 9.47 Å². The van der Waals surface area contributed by atoms with E-state index in [0.29, 0.717) is 11.8 Å². The second-order valence-electron chi connectivity index (χ2n) is 9.90. The molecule has 6 nitrogen and oxygen atoms in total. The lowest BCUT2D eigenvalue weighted by atomic mass is 9.40. The van der Waals surface area contributed by atoms with Crippen molar-refractivity contribution in [2.45, 2.75) is 55.0 Å². The van der Waals surface area contributed by atoms with E-state index < -0.39 is 5.54 Å². The zero-order valence-corrected chi connectivity index (χ0v) is 15.8. The molecule has 4 saturated heterocycles. The average molecular weight is 378 g/mol. The molecule has 1 unspecified atom stereocenters. The number of nitrogens with zero attached hydrogens (tertiary/aromatic N) is 2. The van der Waals surface area contributed by atoms with Gasteiger partial charge < -0.3 is 9.47 Å². The van der Waals surface area contributed by atoms with E-state index in [0.717, 1.165) is 31.5 Å². The highest BCUT2D eigenvalue weighted by Gasteiger charge is 2.95. The molecule has 0 aromatic heterocycles. The van der Waals surface area contributed by atoms with Gasteiger partial charge in [0.05, 0.1) is 41.7 Å². The molecule has 9 bridgehead atoms. The number of hydrogen-bond acceptors (Lipinski definition) is 5. The number of piperidine rings is 1. The van der Waals surface area contributed by atoms with Crippen LogP contribution in [-0.4, -0.2) is 54.3 Å². The maximum absolute atomic E-state index is 13.9. The Hall–Kier alpha value is -1.92. The Bertz CT molecular complexity index is 1010. The number of anilines is 1. The molecule has 28 heavy (non-hydrogen) atoms. The van der Waals surface area contributed by atoms with Gasteiger partial charge in [-0.2, -0.15) is 0 Å². The van der Waals surface area contributed by atoms with E-state index in [1.165, 1.54) is 19.1 Å². The van der Waals surface area contributed by atoms with Gasteiger partial charge >= 0.3 is 6.09 Å². The summed E-state index contributed by atoms with van der Waals surface area (Å²) < 4.78 is 12.0. The number of Topliss-reactive ketones (excluding diaryl/α,β-unsaturated/α-hetero) is 1. The fourth-order valence-electron chi connectivity index (χ4n) is 9.63. The number of carbonyl (C=O) groups excluding carboxylic acids is 2. The predicted molar refractivity (Wildman–Crippen MR) is 97.8 cm³/mol. The van der Waals surface area contributed by atoms with Crippen molar-refractivity contribution in [3.05, 3.63) is 29.8 Å². The molecule has 10 rings (SSSR count). The molecule has 0 N–H and O–H groups in total. The largest absolute Gasteiger partial charge is 0.452 e. The van der Waals surface area contributed by atoms with Crippen LogP contribution in [0.15, 0.2) is 24.3 Å². The quantitative estimate of drug-likeness (QED) is 0.692. The van der Waals surface area contributed by atoms with Gasteiger partial charge in [0.1, 0.15) is 12.0 Å². The number of amides is 1. The van der Waals surface area contributed by atoms with Crippen molar-refractivity contribution >= 4 is 17.6 Å². The molecule has 1 aromatic rings. The number of carbonyl (C=O) groups is 2. The molecule has 4 saturated carbocycles. The number of methoxy groups -OCH3 is 1. The molecule has 9 atom stereocenters. The van der Waals surface area contributed by atoms with Crippen molar-refractivity contribution in [2.75, 3.05) is 18.6 Å². The lowest BCUT2D eigenvalue weighted by Gasteiger charge is -2.72. The van der Waals surface area contributed by atoms with Crippen LogP contribution in [0.3, 0.4) is 0 Å². The molecule has 144 valence electrons. The van der Waals surface area contributed by atoms with E-state index in [1.54, 1.807) is 0 Å². The van der Waals surface area contributed by atoms with Gasteiger partial charge in [-0.25, -0.2) is 4.79 Å². The minimum Gasteiger partial charge on any atom is -0.452 e. The highest BCUT2D eigenvalue weighted by Crippen LogP contribution is 2.84. The van der Waals surface area contributed by atoms with Crippen molar-refractivity contribution in [2.24, 2.45) is 17.3 Å². The van der Waals surface area contributed by atoms with Gasteiger partial charge in [-0.15, -0.1) is 0 Å². The molecule has 4 aliphatic carbocycles. The molecule has 6 heteroatoms. The minimum atomic E-state index is -0.524. The van der Waals surface area contributed by atoms with Crippen molar-refractivity contribution in [1.82, 2.24) is 4.90 Å². The summed E-state index contributed by atoms with van der Waals surface area (Å²) in [5, 5.41) is 0. The number of rotatable bonds is 0. The zero-order valence-electron chi connectivity index (χ0n) is 15.8. The summed E-state index contributed by atoms with van der Waals surface area (Å²) in [5.74, 6) is -0.0269. The molecule has 5 heterocycles. The fraction of sp³-hybridized carbons (Fsp3) is 0.636. The Labute approximate surface area is 162 Å². The Kier molecular flexibility index (Phi) is 2.16. The molecular formula is C22H22N2O4. The first-order valence-electron chi connectivity index (χ1n) is 10.6. The highest BCUT2D eigenvalue weighted by molar-refractivity contribution is 6.05.